The lowest BCUT2D eigenvalue weighted by atomic mass is 10.4. The average molecular weight is 311 g/mol. The number of aromatic nitrogens is 3. The van der Waals surface area contributed by atoms with Crippen molar-refractivity contribution in [2.75, 3.05) is 24.7 Å². The lowest BCUT2D eigenvalue weighted by molar-refractivity contribution is 0.232. The fourth-order valence-corrected chi connectivity index (χ4v) is 3.00. The molecule has 0 saturated heterocycles. The zero-order valence-electron chi connectivity index (χ0n) is 11.8. The van der Waals surface area contributed by atoms with Gasteiger partial charge in [-0.25, -0.2) is 4.98 Å². The number of anilines is 2. The maximum absolute atomic E-state index is 5.85. The van der Waals surface area contributed by atoms with Crippen molar-refractivity contribution in [2.45, 2.75) is 29.3 Å². The highest BCUT2D eigenvalue weighted by Gasteiger charge is 2.11. The second-order valence-corrected chi connectivity index (χ2v) is 6.78. The third-order valence-electron chi connectivity index (χ3n) is 2.18. The molecule has 2 aromatic rings. The molecule has 0 aliphatic carbocycles. The Morgan fingerprint density at radius 3 is 2.65 bits per heavy atom. The van der Waals surface area contributed by atoms with Gasteiger partial charge in [-0.2, -0.15) is 0 Å². The van der Waals surface area contributed by atoms with E-state index in [1.165, 1.54) is 23.1 Å². The lowest BCUT2D eigenvalue weighted by Crippen LogP contribution is -2.09. The summed E-state index contributed by atoms with van der Waals surface area (Å²) in [5, 5.41) is 9.86. The van der Waals surface area contributed by atoms with Crippen molar-refractivity contribution in [3.63, 3.8) is 0 Å². The fourth-order valence-electron chi connectivity index (χ4n) is 1.32. The molecule has 0 aliphatic rings. The van der Waals surface area contributed by atoms with Gasteiger partial charge in [-0.3, -0.25) is 0 Å². The van der Waals surface area contributed by atoms with Crippen LogP contribution in [0.1, 0.15) is 13.8 Å². The van der Waals surface area contributed by atoms with Crippen LogP contribution in [0.2, 0.25) is 0 Å². The van der Waals surface area contributed by atoms with Gasteiger partial charge in [0.1, 0.15) is 5.03 Å². The molecule has 20 heavy (non-hydrogen) atoms. The van der Waals surface area contributed by atoms with Gasteiger partial charge in [-0.05, 0) is 37.7 Å². The van der Waals surface area contributed by atoms with Gasteiger partial charge < -0.3 is 15.4 Å². The van der Waals surface area contributed by atoms with Crippen molar-refractivity contribution in [2.24, 2.45) is 0 Å². The van der Waals surface area contributed by atoms with E-state index in [9.17, 15) is 0 Å². The second-order valence-electron chi connectivity index (χ2n) is 4.56. The van der Waals surface area contributed by atoms with Gasteiger partial charge >= 0.3 is 0 Å². The predicted molar refractivity (Wildman–Crippen MR) is 82.8 cm³/mol. The van der Waals surface area contributed by atoms with Crippen molar-refractivity contribution in [1.29, 1.82) is 0 Å². The monoisotopic (exact) mass is 311 g/mol. The molecule has 2 aromatic heterocycles. The van der Waals surface area contributed by atoms with Crippen LogP contribution < -0.4 is 15.4 Å². The summed E-state index contributed by atoms with van der Waals surface area (Å²) >= 11 is 2.96. The number of nitrogens with zero attached hydrogens (tertiary/aromatic N) is 4. The number of hydrogen-bond donors (Lipinski definition) is 1. The molecule has 2 N–H and O–H groups in total. The minimum Gasteiger partial charge on any atom is -0.473 e. The third-order valence-corrected chi connectivity index (χ3v) is 4.26. The van der Waals surface area contributed by atoms with E-state index in [0.29, 0.717) is 11.6 Å². The molecule has 6 nitrogen and oxygen atoms in total. The van der Waals surface area contributed by atoms with Crippen LogP contribution >= 0.6 is 23.1 Å². The average Bonchev–Trinajstić information content (AvgIpc) is 2.81. The van der Waals surface area contributed by atoms with Crippen LogP contribution in [0.4, 0.5) is 10.8 Å². The van der Waals surface area contributed by atoms with Gasteiger partial charge in [-0.1, -0.05) is 11.3 Å². The Morgan fingerprint density at radius 1 is 1.30 bits per heavy atom. The molecule has 0 unspecified atom stereocenters. The molecule has 0 aromatic carbocycles. The summed E-state index contributed by atoms with van der Waals surface area (Å²) in [6.07, 6.45) is 0.0342. The maximum atomic E-state index is 5.85. The Balaban J connectivity index is 2.16. The van der Waals surface area contributed by atoms with Gasteiger partial charge in [0.2, 0.25) is 11.0 Å². The Bertz CT molecular complexity index is 585. The van der Waals surface area contributed by atoms with Crippen LogP contribution in [-0.2, 0) is 0 Å². The molecular formula is C12H17N5OS2. The molecule has 0 spiro atoms. The van der Waals surface area contributed by atoms with Crippen molar-refractivity contribution in [1.82, 2.24) is 15.2 Å². The van der Waals surface area contributed by atoms with Crippen LogP contribution in [-0.4, -0.2) is 35.4 Å². The SMILES string of the molecule is CC(C)Oc1nc(Sc2nnc(N(C)C)s2)ccc1N. The van der Waals surface area contributed by atoms with Crippen molar-refractivity contribution in [3.05, 3.63) is 12.1 Å². The summed E-state index contributed by atoms with van der Waals surface area (Å²) in [4.78, 5) is 6.32. The fraction of sp³-hybridized carbons (Fsp3) is 0.417. The molecule has 2 rings (SSSR count). The quantitative estimate of drug-likeness (QED) is 0.909. The first kappa shape index (κ1) is 14.9. The maximum Gasteiger partial charge on any atom is 0.238 e. The molecule has 8 heteroatoms. The molecule has 0 atom stereocenters. The Labute approximate surface area is 126 Å². The van der Waals surface area contributed by atoms with Crippen LogP contribution in [0.5, 0.6) is 5.88 Å². The molecule has 0 amide bonds. The van der Waals surface area contributed by atoms with E-state index in [0.717, 1.165) is 14.5 Å². The van der Waals surface area contributed by atoms with E-state index in [1.807, 2.05) is 38.9 Å². The summed E-state index contributed by atoms with van der Waals surface area (Å²) < 4.78 is 6.41. The molecule has 0 saturated carbocycles. The normalized spacial score (nSPS) is 10.8. The topological polar surface area (TPSA) is 77.2 Å². The Hall–Kier alpha value is -1.54. The molecule has 2 heterocycles. The summed E-state index contributed by atoms with van der Waals surface area (Å²) in [6.45, 7) is 3.88. The minimum absolute atomic E-state index is 0.0342. The predicted octanol–water partition coefficient (Wildman–Crippen LogP) is 2.52. The number of nitrogens with two attached hydrogens (primary N) is 1. The van der Waals surface area contributed by atoms with Crippen LogP contribution in [0, 0.1) is 0 Å². The largest absolute Gasteiger partial charge is 0.473 e. The molecule has 108 valence electrons. The minimum atomic E-state index is 0.0342. The Kier molecular flexibility index (Phi) is 4.66. The lowest BCUT2D eigenvalue weighted by Gasteiger charge is -2.11. The van der Waals surface area contributed by atoms with Crippen molar-refractivity contribution in [3.8, 4) is 5.88 Å². The van der Waals surface area contributed by atoms with E-state index in [2.05, 4.69) is 15.2 Å². The standard InChI is InChI=1S/C12H17N5OS2/c1-7(2)18-10-8(13)5-6-9(14-10)19-12-16-15-11(20-12)17(3)4/h5-7H,13H2,1-4H3. The molecular weight excluding hydrogens is 294 g/mol. The first-order chi connectivity index (χ1) is 9.45. The van der Waals surface area contributed by atoms with Crippen LogP contribution in [0.15, 0.2) is 21.5 Å². The summed E-state index contributed by atoms with van der Waals surface area (Å²) in [7, 11) is 3.87. The summed E-state index contributed by atoms with van der Waals surface area (Å²) in [5.41, 5.74) is 6.38. The number of rotatable bonds is 5. The van der Waals surface area contributed by atoms with Gasteiger partial charge in [0.15, 0.2) is 4.34 Å². The third kappa shape index (κ3) is 3.73. The highest BCUT2D eigenvalue weighted by molar-refractivity contribution is 8.01. The summed E-state index contributed by atoms with van der Waals surface area (Å²) in [5.74, 6) is 0.461. The van der Waals surface area contributed by atoms with Gasteiger partial charge in [-0.15, -0.1) is 10.2 Å². The zero-order chi connectivity index (χ0) is 14.7. The molecule has 0 aliphatic heterocycles. The van der Waals surface area contributed by atoms with E-state index in [-0.39, 0.29) is 6.10 Å². The highest BCUT2D eigenvalue weighted by atomic mass is 32.2. The van der Waals surface area contributed by atoms with Crippen molar-refractivity contribution < 1.29 is 4.74 Å². The molecule has 0 radical (unpaired) electrons. The zero-order valence-corrected chi connectivity index (χ0v) is 13.5. The van der Waals surface area contributed by atoms with Gasteiger partial charge in [0.25, 0.3) is 0 Å². The number of hydrogen-bond acceptors (Lipinski definition) is 8. The first-order valence-electron chi connectivity index (χ1n) is 6.07. The first-order valence-corrected chi connectivity index (χ1v) is 7.71. The number of ether oxygens (including phenoxy) is 1. The second kappa shape index (κ2) is 6.27. The molecule has 0 fully saturated rings. The highest BCUT2D eigenvalue weighted by Crippen LogP contribution is 2.33. The van der Waals surface area contributed by atoms with E-state index in [1.54, 1.807) is 6.07 Å². The Morgan fingerprint density at radius 2 is 2.05 bits per heavy atom. The van der Waals surface area contributed by atoms with Crippen LogP contribution in [0.3, 0.4) is 0 Å². The molecule has 0 bridgehead atoms. The van der Waals surface area contributed by atoms with Crippen molar-refractivity contribution >= 4 is 33.9 Å². The van der Waals surface area contributed by atoms with Crippen LogP contribution in [0.25, 0.3) is 0 Å². The number of pyridine rings is 1. The van der Waals surface area contributed by atoms with E-state index < -0.39 is 0 Å². The van der Waals surface area contributed by atoms with E-state index >= 15 is 0 Å². The smallest absolute Gasteiger partial charge is 0.238 e. The summed E-state index contributed by atoms with van der Waals surface area (Å²) in [6, 6.07) is 3.64. The van der Waals surface area contributed by atoms with E-state index in [4.69, 9.17) is 10.5 Å². The number of nitrogen functional groups attached to an aromatic ring is 1. The van der Waals surface area contributed by atoms with Gasteiger partial charge in [0.05, 0.1) is 11.8 Å². The van der Waals surface area contributed by atoms with Gasteiger partial charge in [0, 0.05) is 14.1 Å².